The number of para-hydroxylation sites is 1. The van der Waals surface area contributed by atoms with Gasteiger partial charge in [-0.05, 0) is 49.4 Å². The van der Waals surface area contributed by atoms with Crippen LogP contribution in [0.3, 0.4) is 0 Å². The van der Waals surface area contributed by atoms with Crippen LogP contribution in [0.1, 0.15) is 12.7 Å². The Bertz CT molecular complexity index is 1110. The molecule has 0 spiro atoms. The van der Waals surface area contributed by atoms with E-state index in [1.54, 1.807) is 41.3 Å². The minimum atomic E-state index is -3.62. The molecular weight excluding hydrogens is 362 g/mol. The van der Waals surface area contributed by atoms with Gasteiger partial charge in [0.05, 0.1) is 10.6 Å². The van der Waals surface area contributed by atoms with Crippen LogP contribution in [0.5, 0.6) is 0 Å². The van der Waals surface area contributed by atoms with Crippen LogP contribution in [0.25, 0.3) is 16.7 Å². The van der Waals surface area contributed by atoms with Crippen LogP contribution in [0.2, 0.25) is 0 Å². The molecule has 1 N–H and O–H groups in total. The molecule has 2 aromatic carbocycles. The Balaban J connectivity index is 1.47. The van der Waals surface area contributed by atoms with Crippen molar-refractivity contribution in [2.75, 3.05) is 0 Å². The summed E-state index contributed by atoms with van der Waals surface area (Å²) in [6, 6.07) is 17.8. The summed E-state index contributed by atoms with van der Waals surface area (Å²) < 4.78 is 35.4. The molecule has 1 atom stereocenters. The molecule has 4 aromatic rings. The van der Waals surface area contributed by atoms with Gasteiger partial charge in [-0.1, -0.05) is 18.2 Å². The first kappa shape index (κ1) is 17.5. The molecule has 2 heterocycles. The van der Waals surface area contributed by atoms with Crippen LogP contribution in [0.4, 0.5) is 0 Å². The smallest absolute Gasteiger partial charge is 0.240 e. The lowest BCUT2D eigenvalue weighted by Crippen LogP contribution is -2.34. The molecule has 0 aliphatic carbocycles. The van der Waals surface area contributed by atoms with E-state index in [1.807, 2.05) is 43.3 Å². The van der Waals surface area contributed by atoms with Gasteiger partial charge in [-0.2, -0.15) is 5.10 Å². The third-order valence-corrected chi connectivity index (χ3v) is 5.86. The van der Waals surface area contributed by atoms with Crippen LogP contribution in [-0.2, 0) is 16.4 Å². The Morgan fingerprint density at radius 1 is 1.11 bits per heavy atom. The number of aromatic nitrogens is 2. The Labute approximate surface area is 157 Å². The second-order valence-corrected chi connectivity index (χ2v) is 8.14. The van der Waals surface area contributed by atoms with Gasteiger partial charge in [-0.3, -0.25) is 0 Å². The first-order valence-corrected chi connectivity index (χ1v) is 10.1. The molecule has 0 radical (unpaired) electrons. The SMILES string of the molecule is C[C@@H](Cc1cc2ccccc2o1)NS(=O)(=O)c1ccc(-n2cccn2)cc1. The van der Waals surface area contributed by atoms with E-state index in [-0.39, 0.29) is 10.9 Å². The molecule has 0 aliphatic rings. The van der Waals surface area contributed by atoms with Crippen molar-refractivity contribution >= 4 is 21.0 Å². The molecule has 0 amide bonds. The van der Waals surface area contributed by atoms with E-state index in [2.05, 4.69) is 9.82 Å². The van der Waals surface area contributed by atoms with Gasteiger partial charge in [0, 0.05) is 30.2 Å². The number of benzene rings is 2. The van der Waals surface area contributed by atoms with E-state index in [1.165, 1.54) is 0 Å². The highest BCUT2D eigenvalue weighted by Gasteiger charge is 2.19. The highest BCUT2D eigenvalue weighted by Crippen LogP contribution is 2.20. The summed E-state index contributed by atoms with van der Waals surface area (Å²) in [5, 5.41) is 5.14. The van der Waals surface area contributed by atoms with E-state index in [0.717, 1.165) is 22.4 Å². The number of rotatable bonds is 6. The minimum absolute atomic E-state index is 0.217. The summed E-state index contributed by atoms with van der Waals surface area (Å²) in [7, 11) is -3.62. The van der Waals surface area contributed by atoms with Gasteiger partial charge < -0.3 is 4.42 Å². The number of fused-ring (bicyclic) bond motifs is 1. The zero-order valence-corrected chi connectivity index (χ0v) is 15.6. The number of nitrogens with zero attached hydrogens (tertiary/aromatic N) is 2. The van der Waals surface area contributed by atoms with Crippen molar-refractivity contribution in [2.45, 2.75) is 24.3 Å². The number of nitrogens with one attached hydrogen (secondary N) is 1. The highest BCUT2D eigenvalue weighted by molar-refractivity contribution is 7.89. The van der Waals surface area contributed by atoms with Crippen molar-refractivity contribution < 1.29 is 12.8 Å². The summed E-state index contributed by atoms with van der Waals surface area (Å²) in [4.78, 5) is 0.217. The van der Waals surface area contributed by atoms with Gasteiger partial charge >= 0.3 is 0 Å². The maximum atomic E-state index is 12.6. The fourth-order valence-electron chi connectivity index (χ4n) is 3.01. The van der Waals surface area contributed by atoms with Crippen molar-refractivity contribution in [1.29, 1.82) is 0 Å². The van der Waals surface area contributed by atoms with Crippen LogP contribution in [0.15, 0.2) is 82.4 Å². The zero-order valence-electron chi connectivity index (χ0n) is 14.7. The summed E-state index contributed by atoms with van der Waals surface area (Å²) in [6.45, 7) is 1.82. The number of hydrogen-bond donors (Lipinski definition) is 1. The van der Waals surface area contributed by atoms with Crippen molar-refractivity contribution in [3.8, 4) is 5.69 Å². The maximum absolute atomic E-state index is 12.6. The van der Waals surface area contributed by atoms with Gasteiger partial charge in [0.2, 0.25) is 10.0 Å². The summed E-state index contributed by atoms with van der Waals surface area (Å²) in [6.07, 6.45) is 3.95. The molecule has 7 heteroatoms. The lowest BCUT2D eigenvalue weighted by molar-refractivity contribution is 0.504. The third-order valence-electron chi connectivity index (χ3n) is 4.26. The molecule has 0 unspecified atom stereocenters. The monoisotopic (exact) mass is 381 g/mol. The van der Waals surface area contributed by atoms with Crippen LogP contribution in [0, 0.1) is 0 Å². The zero-order chi connectivity index (χ0) is 18.9. The molecule has 0 saturated heterocycles. The summed E-state index contributed by atoms with van der Waals surface area (Å²) >= 11 is 0. The lowest BCUT2D eigenvalue weighted by Gasteiger charge is -2.13. The molecule has 0 fully saturated rings. The van der Waals surface area contributed by atoms with Crippen LogP contribution in [-0.4, -0.2) is 24.2 Å². The molecule has 2 aromatic heterocycles. The predicted molar refractivity (Wildman–Crippen MR) is 103 cm³/mol. The quantitative estimate of drug-likeness (QED) is 0.554. The van der Waals surface area contributed by atoms with Gasteiger partial charge in [-0.25, -0.2) is 17.8 Å². The van der Waals surface area contributed by atoms with Crippen molar-refractivity contribution in [1.82, 2.24) is 14.5 Å². The van der Waals surface area contributed by atoms with Crippen LogP contribution < -0.4 is 4.72 Å². The first-order valence-electron chi connectivity index (χ1n) is 8.61. The normalized spacial score (nSPS) is 13.1. The summed E-state index contributed by atoms with van der Waals surface area (Å²) in [5.41, 5.74) is 1.60. The molecule has 4 rings (SSSR count). The first-order chi connectivity index (χ1) is 13.0. The molecular formula is C20H19N3O3S. The Hall–Kier alpha value is -2.90. The molecule has 0 aliphatic heterocycles. The molecule has 6 nitrogen and oxygen atoms in total. The highest BCUT2D eigenvalue weighted by atomic mass is 32.2. The second kappa shape index (κ2) is 7.02. The Morgan fingerprint density at radius 2 is 1.89 bits per heavy atom. The topological polar surface area (TPSA) is 77.1 Å². The molecule has 138 valence electrons. The average Bonchev–Trinajstić information content (AvgIpc) is 3.30. The second-order valence-electron chi connectivity index (χ2n) is 6.42. The minimum Gasteiger partial charge on any atom is -0.461 e. The maximum Gasteiger partial charge on any atom is 0.240 e. The fraction of sp³-hybridized carbons (Fsp3) is 0.150. The third kappa shape index (κ3) is 3.79. The van der Waals surface area contributed by atoms with E-state index >= 15 is 0 Å². The van der Waals surface area contributed by atoms with E-state index in [4.69, 9.17) is 4.42 Å². The average molecular weight is 381 g/mol. The number of hydrogen-bond acceptors (Lipinski definition) is 4. The van der Waals surface area contributed by atoms with Crippen molar-refractivity contribution in [3.05, 3.63) is 78.8 Å². The van der Waals surface area contributed by atoms with Crippen LogP contribution >= 0.6 is 0 Å². The molecule has 0 bridgehead atoms. The van der Waals surface area contributed by atoms with Crippen molar-refractivity contribution in [2.24, 2.45) is 0 Å². The number of furan rings is 1. The standard InChI is InChI=1S/C20H19N3O3S/c1-15(13-18-14-16-5-2-3-6-20(16)26-18)22-27(24,25)19-9-7-17(8-10-19)23-12-4-11-21-23/h2-12,14-15,22H,13H2,1H3/t15-/m0/s1. The van der Waals surface area contributed by atoms with E-state index in [0.29, 0.717) is 6.42 Å². The summed E-state index contributed by atoms with van der Waals surface area (Å²) in [5.74, 6) is 0.750. The van der Waals surface area contributed by atoms with Crippen molar-refractivity contribution in [3.63, 3.8) is 0 Å². The van der Waals surface area contributed by atoms with Gasteiger partial charge in [-0.15, -0.1) is 0 Å². The largest absolute Gasteiger partial charge is 0.461 e. The molecule has 0 saturated carbocycles. The lowest BCUT2D eigenvalue weighted by atomic mass is 10.2. The Morgan fingerprint density at radius 3 is 2.59 bits per heavy atom. The Kier molecular flexibility index (Phi) is 4.55. The number of sulfonamides is 1. The predicted octanol–water partition coefficient (Wildman–Crippen LogP) is 3.53. The van der Waals surface area contributed by atoms with Gasteiger partial charge in [0.15, 0.2) is 0 Å². The van der Waals surface area contributed by atoms with Gasteiger partial charge in [0.1, 0.15) is 11.3 Å². The molecule has 27 heavy (non-hydrogen) atoms. The van der Waals surface area contributed by atoms with E-state index < -0.39 is 10.0 Å². The van der Waals surface area contributed by atoms with Gasteiger partial charge in [0.25, 0.3) is 0 Å². The fourth-order valence-corrected chi connectivity index (χ4v) is 4.26. The van der Waals surface area contributed by atoms with E-state index in [9.17, 15) is 8.42 Å².